The number of urea groups is 1. The third kappa shape index (κ3) is 3.03. The van der Waals surface area contributed by atoms with E-state index in [1.807, 2.05) is 36.4 Å². The van der Waals surface area contributed by atoms with Crippen molar-refractivity contribution in [1.82, 2.24) is 15.0 Å². The Hall–Kier alpha value is -3.61. The number of anilines is 3. The van der Waals surface area contributed by atoms with Crippen molar-refractivity contribution in [2.75, 3.05) is 22.1 Å². The average molecular weight is 398 g/mol. The van der Waals surface area contributed by atoms with Crippen molar-refractivity contribution in [2.24, 2.45) is 5.92 Å². The number of imidazole rings is 1. The number of nitrogens with one attached hydrogen (secondary N) is 3. The van der Waals surface area contributed by atoms with Crippen molar-refractivity contribution in [1.29, 1.82) is 0 Å². The smallest absolute Gasteiger partial charge is 0.323 e. The van der Waals surface area contributed by atoms with Gasteiger partial charge in [0.05, 0.1) is 22.9 Å². The van der Waals surface area contributed by atoms with E-state index in [0.29, 0.717) is 11.7 Å². The van der Waals surface area contributed by atoms with Crippen LogP contribution in [0, 0.1) is 5.92 Å². The minimum Gasteiger partial charge on any atom is -0.353 e. The number of aromatic amines is 1. The summed E-state index contributed by atoms with van der Waals surface area (Å²) in [6, 6.07) is 16.0. The molecule has 7 heteroatoms. The van der Waals surface area contributed by atoms with Crippen LogP contribution in [-0.4, -0.2) is 33.6 Å². The molecular formula is C23H22N6O. The van der Waals surface area contributed by atoms with Gasteiger partial charge in [-0.15, -0.1) is 0 Å². The number of carbonyl (C=O) groups is 1. The van der Waals surface area contributed by atoms with E-state index in [4.69, 9.17) is 4.98 Å². The Bertz CT molecular complexity index is 1270. The van der Waals surface area contributed by atoms with Gasteiger partial charge >= 0.3 is 6.03 Å². The van der Waals surface area contributed by atoms with Gasteiger partial charge in [0.1, 0.15) is 5.82 Å². The first kappa shape index (κ1) is 17.3. The van der Waals surface area contributed by atoms with Crippen LogP contribution in [0.2, 0.25) is 0 Å². The molecule has 7 nitrogen and oxygen atoms in total. The van der Waals surface area contributed by atoms with E-state index in [-0.39, 0.29) is 6.03 Å². The Labute approximate surface area is 173 Å². The lowest BCUT2D eigenvalue weighted by Gasteiger charge is -2.28. The lowest BCUT2D eigenvalue weighted by atomic mass is 10.1. The number of aromatic nitrogens is 3. The van der Waals surface area contributed by atoms with Crippen molar-refractivity contribution < 1.29 is 4.79 Å². The fraction of sp³-hybridized carbons (Fsp3) is 0.261. The number of hydrogen-bond acceptors (Lipinski definition) is 4. The first-order valence-electron chi connectivity index (χ1n) is 10.4. The van der Waals surface area contributed by atoms with E-state index in [2.05, 4.69) is 37.6 Å². The standard InChI is InChI=1S/C23H22N6O/c30-23(27-17-4-7-20-21(11-17)25-13-24-20)26-16-3-6-19-15(10-16)2-8-22(28-19)29-12-14-1-5-18(29)9-14/h2-4,6-8,10-11,13-14,18H,1,5,9,12H2,(H,24,25)(H2,26,27,30)/t14-,18-/m0/s1. The average Bonchev–Trinajstić information content (AvgIpc) is 3.50. The van der Waals surface area contributed by atoms with E-state index in [1.165, 1.54) is 19.3 Å². The van der Waals surface area contributed by atoms with Crippen molar-refractivity contribution in [3.05, 3.63) is 54.9 Å². The molecular weight excluding hydrogens is 376 g/mol. The Kier molecular flexibility index (Phi) is 3.87. The molecule has 1 aliphatic heterocycles. The Balaban J connectivity index is 1.18. The number of benzene rings is 2. The van der Waals surface area contributed by atoms with Crippen LogP contribution in [-0.2, 0) is 0 Å². The highest BCUT2D eigenvalue weighted by molar-refractivity contribution is 6.01. The molecule has 2 aromatic carbocycles. The van der Waals surface area contributed by atoms with Crippen molar-refractivity contribution >= 4 is 45.2 Å². The van der Waals surface area contributed by atoms with Crippen LogP contribution in [0.15, 0.2) is 54.9 Å². The number of amides is 2. The molecule has 6 rings (SSSR count). The van der Waals surface area contributed by atoms with Crippen molar-refractivity contribution in [3.8, 4) is 0 Å². The zero-order valence-electron chi connectivity index (χ0n) is 16.4. The van der Waals surface area contributed by atoms with E-state index in [1.54, 1.807) is 6.33 Å². The van der Waals surface area contributed by atoms with Crippen molar-refractivity contribution in [3.63, 3.8) is 0 Å². The molecule has 2 aromatic heterocycles. The van der Waals surface area contributed by atoms with Gasteiger partial charge < -0.3 is 20.5 Å². The summed E-state index contributed by atoms with van der Waals surface area (Å²) in [4.78, 5) is 27.0. The quantitative estimate of drug-likeness (QED) is 0.465. The van der Waals surface area contributed by atoms with Gasteiger partial charge in [0, 0.05) is 29.3 Å². The van der Waals surface area contributed by atoms with Crippen LogP contribution in [0.4, 0.5) is 22.0 Å². The molecule has 0 radical (unpaired) electrons. The van der Waals surface area contributed by atoms with Gasteiger partial charge in [0.25, 0.3) is 0 Å². The van der Waals surface area contributed by atoms with E-state index in [9.17, 15) is 4.79 Å². The molecule has 1 saturated carbocycles. The first-order valence-corrected chi connectivity index (χ1v) is 10.4. The SMILES string of the molecule is O=C(Nc1ccc2nc(N3C[C@H]4CC[C@H]3C4)ccc2c1)Nc1ccc2nc[nH]c2c1. The number of piperidine rings is 1. The summed E-state index contributed by atoms with van der Waals surface area (Å²) < 4.78 is 0. The molecule has 30 heavy (non-hydrogen) atoms. The highest BCUT2D eigenvalue weighted by Gasteiger charge is 2.38. The Morgan fingerprint density at radius 1 is 1.00 bits per heavy atom. The van der Waals surface area contributed by atoms with Crippen LogP contribution >= 0.6 is 0 Å². The van der Waals surface area contributed by atoms with Gasteiger partial charge in [-0.05, 0) is 73.7 Å². The minimum atomic E-state index is -0.286. The largest absolute Gasteiger partial charge is 0.353 e. The van der Waals surface area contributed by atoms with Crippen LogP contribution in [0.5, 0.6) is 0 Å². The minimum absolute atomic E-state index is 0.286. The number of rotatable bonds is 3. The normalized spacial score (nSPS) is 20.2. The highest BCUT2D eigenvalue weighted by atomic mass is 16.2. The fourth-order valence-electron chi connectivity index (χ4n) is 4.86. The summed E-state index contributed by atoms with van der Waals surface area (Å²) in [5.41, 5.74) is 4.13. The van der Waals surface area contributed by atoms with E-state index >= 15 is 0 Å². The second-order valence-corrected chi connectivity index (χ2v) is 8.28. The van der Waals surface area contributed by atoms with Crippen LogP contribution in [0.3, 0.4) is 0 Å². The number of hydrogen-bond donors (Lipinski definition) is 3. The molecule has 1 aliphatic carbocycles. The maximum absolute atomic E-state index is 12.4. The van der Waals surface area contributed by atoms with Crippen LogP contribution in [0.1, 0.15) is 19.3 Å². The molecule has 3 heterocycles. The predicted octanol–water partition coefficient (Wildman–Crippen LogP) is 4.74. The number of H-pyrrole nitrogens is 1. The second kappa shape index (κ2) is 6.73. The van der Waals surface area contributed by atoms with Gasteiger partial charge in [-0.25, -0.2) is 14.8 Å². The van der Waals surface area contributed by atoms with Crippen LogP contribution < -0.4 is 15.5 Å². The zero-order chi connectivity index (χ0) is 20.1. The van der Waals surface area contributed by atoms with Gasteiger partial charge in [0.2, 0.25) is 0 Å². The molecule has 3 N–H and O–H groups in total. The summed E-state index contributed by atoms with van der Waals surface area (Å²) in [7, 11) is 0. The summed E-state index contributed by atoms with van der Waals surface area (Å²) in [6.45, 7) is 1.13. The van der Waals surface area contributed by atoms with E-state index in [0.717, 1.165) is 45.9 Å². The van der Waals surface area contributed by atoms with Crippen LogP contribution in [0.25, 0.3) is 21.9 Å². The third-order valence-corrected chi connectivity index (χ3v) is 6.31. The van der Waals surface area contributed by atoms with Gasteiger partial charge in [-0.1, -0.05) is 0 Å². The summed E-state index contributed by atoms with van der Waals surface area (Å²) in [6.07, 6.45) is 5.60. The topological polar surface area (TPSA) is 85.9 Å². The monoisotopic (exact) mass is 398 g/mol. The maximum atomic E-state index is 12.4. The summed E-state index contributed by atoms with van der Waals surface area (Å²) in [5, 5.41) is 6.78. The van der Waals surface area contributed by atoms with E-state index < -0.39 is 0 Å². The molecule has 150 valence electrons. The lowest BCUT2D eigenvalue weighted by molar-refractivity contribution is 0.262. The molecule has 4 aromatic rings. The molecule has 2 aliphatic rings. The lowest BCUT2D eigenvalue weighted by Crippen LogP contribution is -2.32. The molecule has 0 spiro atoms. The molecule has 1 saturated heterocycles. The highest BCUT2D eigenvalue weighted by Crippen LogP contribution is 2.39. The molecule has 2 atom stereocenters. The Morgan fingerprint density at radius 2 is 1.83 bits per heavy atom. The Morgan fingerprint density at radius 3 is 2.63 bits per heavy atom. The first-order chi connectivity index (χ1) is 14.7. The zero-order valence-corrected chi connectivity index (χ0v) is 16.4. The third-order valence-electron chi connectivity index (χ3n) is 6.31. The molecule has 2 bridgehead atoms. The number of carbonyl (C=O) groups excluding carboxylic acids is 1. The molecule has 2 amide bonds. The predicted molar refractivity (Wildman–Crippen MR) is 119 cm³/mol. The maximum Gasteiger partial charge on any atom is 0.323 e. The van der Waals surface area contributed by atoms with Crippen molar-refractivity contribution in [2.45, 2.75) is 25.3 Å². The number of nitrogens with zero attached hydrogens (tertiary/aromatic N) is 3. The number of pyridine rings is 1. The number of fused-ring (bicyclic) bond motifs is 4. The van der Waals surface area contributed by atoms with Gasteiger partial charge in [0.15, 0.2) is 0 Å². The van der Waals surface area contributed by atoms with Gasteiger partial charge in [-0.3, -0.25) is 0 Å². The molecule has 0 unspecified atom stereocenters. The van der Waals surface area contributed by atoms with Gasteiger partial charge in [-0.2, -0.15) is 0 Å². The summed E-state index contributed by atoms with van der Waals surface area (Å²) >= 11 is 0. The summed E-state index contributed by atoms with van der Waals surface area (Å²) in [5.74, 6) is 1.91. The fourth-order valence-corrected chi connectivity index (χ4v) is 4.86. The second-order valence-electron chi connectivity index (χ2n) is 8.28. The molecule has 2 fully saturated rings.